The van der Waals surface area contributed by atoms with E-state index in [2.05, 4.69) is 34.0 Å². The van der Waals surface area contributed by atoms with Crippen LogP contribution in [0.5, 0.6) is 0 Å². The molecule has 0 saturated carbocycles. The summed E-state index contributed by atoms with van der Waals surface area (Å²) in [7, 11) is 2.11. The Hall–Kier alpha value is -2.15. The minimum Gasteiger partial charge on any atom is -0.340 e. The number of aromatic nitrogens is 2. The average Bonchev–Trinajstić information content (AvgIpc) is 3.11. The number of fused-ring (bicyclic) bond motifs is 1. The quantitative estimate of drug-likeness (QED) is 0.834. The molecule has 2 aromatic rings. The van der Waals surface area contributed by atoms with E-state index in [0.717, 1.165) is 12.6 Å². The lowest BCUT2D eigenvalue weighted by molar-refractivity contribution is -0.141. The Balaban J connectivity index is 1.58. The topological polar surface area (TPSA) is 32.3 Å². The molecule has 4 nitrogen and oxygen atoms in total. The number of alkyl halides is 3. The van der Waals surface area contributed by atoms with Crippen molar-refractivity contribution >= 4 is 5.95 Å². The van der Waals surface area contributed by atoms with Crippen LogP contribution in [0.25, 0.3) is 0 Å². The second kappa shape index (κ2) is 5.98. The zero-order valence-corrected chi connectivity index (χ0v) is 13.8. The molecule has 2 aliphatic rings. The fraction of sp³-hybridized carbons (Fsp3) is 0.444. The number of likely N-dealkylation sites (tertiary alicyclic amines) is 1. The summed E-state index contributed by atoms with van der Waals surface area (Å²) >= 11 is 0. The predicted molar refractivity (Wildman–Crippen MR) is 88.0 cm³/mol. The molecule has 25 heavy (non-hydrogen) atoms. The molecule has 3 atom stereocenters. The van der Waals surface area contributed by atoms with Gasteiger partial charge in [-0.05, 0) is 24.6 Å². The van der Waals surface area contributed by atoms with E-state index in [0.29, 0.717) is 24.9 Å². The van der Waals surface area contributed by atoms with E-state index in [1.165, 1.54) is 11.8 Å². The van der Waals surface area contributed by atoms with Crippen LogP contribution in [0.1, 0.15) is 17.3 Å². The van der Waals surface area contributed by atoms with Crippen molar-refractivity contribution < 1.29 is 13.2 Å². The highest BCUT2D eigenvalue weighted by Gasteiger charge is 2.47. The Labute approximate surface area is 144 Å². The van der Waals surface area contributed by atoms with Gasteiger partial charge in [-0.25, -0.2) is 9.97 Å². The van der Waals surface area contributed by atoms with Crippen molar-refractivity contribution in [1.29, 1.82) is 0 Å². The van der Waals surface area contributed by atoms with Gasteiger partial charge in [0.25, 0.3) is 0 Å². The zero-order valence-electron chi connectivity index (χ0n) is 13.8. The SMILES string of the molecule is CN1C[C@H]2CN(c3nccc(C(F)(F)F)n3)C[C@H]2[C@@H]1c1ccccc1. The van der Waals surface area contributed by atoms with Crippen LogP contribution in [0.2, 0.25) is 0 Å². The third kappa shape index (κ3) is 2.97. The summed E-state index contributed by atoms with van der Waals surface area (Å²) in [4.78, 5) is 12.1. The number of nitrogens with zero attached hydrogens (tertiary/aromatic N) is 4. The maximum atomic E-state index is 12.9. The van der Waals surface area contributed by atoms with Gasteiger partial charge in [0, 0.05) is 37.8 Å². The summed E-state index contributed by atoms with van der Waals surface area (Å²) < 4.78 is 38.7. The maximum absolute atomic E-state index is 12.9. The zero-order chi connectivity index (χ0) is 17.6. The first kappa shape index (κ1) is 16.3. The third-order valence-corrected chi connectivity index (χ3v) is 5.25. The molecule has 2 aliphatic heterocycles. The average molecular weight is 348 g/mol. The van der Waals surface area contributed by atoms with Crippen LogP contribution >= 0.6 is 0 Å². The minimum atomic E-state index is -4.44. The minimum absolute atomic E-state index is 0.179. The first-order chi connectivity index (χ1) is 11.9. The Morgan fingerprint density at radius 1 is 1.04 bits per heavy atom. The van der Waals surface area contributed by atoms with Gasteiger partial charge in [0.05, 0.1) is 0 Å². The molecule has 132 valence electrons. The standard InChI is InChI=1S/C18H19F3N4/c1-24-9-13-10-25(17-22-8-7-15(23-17)18(19,20)21)11-14(13)16(24)12-5-3-2-4-6-12/h2-8,13-14,16H,9-11H2,1H3/t13-,14+,16-/m0/s1. The molecule has 7 heteroatoms. The Bertz CT molecular complexity index is 749. The van der Waals surface area contributed by atoms with E-state index in [1.54, 1.807) is 0 Å². The van der Waals surface area contributed by atoms with E-state index in [-0.39, 0.29) is 12.0 Å². The molecule has 3 heterocycles. The molecule has 4 rings (SSSR count). The predicted octanol–water partition coefficient (Wildman–Crippen LogP) is 3.23. The van der Waals surface area contributed by atoms with Gasteiger partial charge in [-0.1, -0.05) is 30.3 Å². The van der Waals surface area contributed by atoms with Crippen LogP contribution in [0.3, 0.4) is 0 Å². The molecule has 2 saturated heterocycles. The summed E-state index contributed by atoms with van der Waals surface area (Å²) in [5, 5.41) is 0. The summed E-state index contributed by atoms with van der Waals surface area (Å²) in [5.74, 6) is 0.956. The molecular weight excluding hydrogens is 329 g/mol. The van der Waals surface area contributed by atoms with Crippen molar-refractivity contribution in [3.63, 3.8) is 0 Å². The Morgan fingerprint density at radius 3 is 2.52 bits per heavy atom. The fourth-order valence-corrected chi connectivity index (χ4v) is 4.23. The molecule has 0 radical (unpaired) electrons. The molecule has 0 bridgehead atoms. The van der Waals surface area contributed by atoms with Crippen LogP contribution in [-0.2, 0) is 6.18 Å². The number of hydrogen-bond acceptors (Lipinski definition) is 4. The molecule has 1 aromatic carbocycles. The van der Waals surface area contributed by atoms with Gasteiger partial charge < -0.3 is 4.90 Å². The van der Waals surface area contributed by atoms with E-state index in [1.807, 2.05) is 23.1 Å². The number of halogens is 3. The number of rotatable bonds is 2. The number of anilines is 1. The first-order valence-electron chi connectivity index (χ1n) is 8.34. The third-order valence-electron chi connectivity index (χ3n) is 5.25. The van der Waals surface area contributed by atoms with E-state index in [4.69, 9.17) is 0 Å². The number of benzene rings is 1. The fourth-order valence-electron chi connectivity index (χ4n) is 4.23. The van der Waals surface area contributed by atoms with Crippen LogP contribution in [0.15, 0.2) is 42.6 Å². The van der Waals surface area contributed by atoms with Gasteiger partial charge in [-0.3, -0.25) is 4.90 Å². The number of hydrogen-bond donors (Lipinski definition) is 0. The van der Waals surface area contributed by atoms with Crippen LogP contribution in [0.4, 0.5) is 19.1 Å². The van der Waals surface area contributed by atoms with E-state index >= 15 is 0 Å². The van der Waals surface area contributed by atoms with Crippen LogP contribution in [0, 0.1) is 11.8 Å². The van der Waals surface area contributed by atoms with Crippen molar-refractivity contribution in [3.05, 3.63) is 53.9 Å². The summed E-state index contributed by atoms with van der Waals surface area (Å²) in [6.45, 7) is 2.30. The van der Waals surface area contributed by atoms with Gasteiger partial charge in [-0.2, -0.15) is 13.2 Å². The van der Waals surface area contributed by atoms with Crippen LogP contribution < -0.4 is 4.90 Å². The van der Waals surface area contributed by atoms with E-state index in [9.17, 15) is 13.2 Å². The molecular formula is C18H19F3N4. The highest BCUT2D eigenvalue weighted by Crippen LogP contribution is 2.44. The molecule has 2 fully saturated rings. The van der Waals surface area contributed by atoms with Crippen molar-refractivity contribution in [2.75, 3.05) is 31.6 Å². The highest BCUT2D eigenvalue weighted by molar-refractivity contribution is 5.35. The molecule has 0 amide bonds. The Morgan fingerprint density at radius 2 is 1.80 bits per heavy atom. The lowest BCUT2D eigenvalue weighted by Crippen LogP contribution is -2.30. The van der Waals surface area contributed by atoms with Crippen molar-refractivity contribution in [1.82, 2.24) is 14.9 Å². The molecule has 1 aromatic heterocycles. The molecule has 0 N–H and O–H groups in total. The van der Waals surface area contributed by atoms with Gasteiger partial charge in [0.15, 0.2) is 0 Å². The van der Waals surface area contributed by atoms with Crippen molar-refractivity contribution in [2.45, 2.75) is 12.2 Å². The largest absolute Gasteiger partial charge is 0.433 e. The first-order valence-corrected chi connectivity index (χ1v) is 8.34. The van der Waals surface area contributed by atoms with Crippen molar-refractivity contribution in [2.24, 2.45) is 11.8 Å². The molecule has 0 aliphatic carbocycles. The highest BCUT2D eigenvalue weighted by atomic mass is 19.4. The molecule has 0 spiro atoms. The summed E-state index contributed by atoms with van der Waals surface area (Å²) in [5.41, 5.74) is 0.371. The second-order valence-electron chi connectivity index (χ2n) is 6.86. The monoisotopic (exact) mass is 348 g/mol. The van der Waals surface area contributed by atoms with E-state index < -0.39 is 11.9 Å². The lowest BCUT2D eigenvalue weighted by Gasteiger charge is -2.27. The van der Waals surface area contributed by atoms with Crippen molar-refractivity contribution in [3.8, 4) is 0 Å². The lowest BCUT2D eigenvalue weighted by atomic mass is 9.90. The Kier molecular flexibility index (Phi) is 3.91. The van der Waals surface area contributed by atoms with Gasteiger partial charge in [-0.15, -0.1) is 0 Å². The smallest absolute Gasteiger partial charge is 0.340 e. The summed E-state index contributed by atoms with van der Waals surface area (Å²) in [6, 6.07) is 11.5. The van der Waals surface area contributed by atoms with Gasteiger partial charge >= 0.3 is 6.18 Å². The second-order valence-corrected chi connectivity index (χ2v) is 6.86. The van der Waals surface area contributed by atoms with Gasteiger partial charge in [0.1, 0.15) is 5.69 Å². The maximum Gasteiger partial charge on any atom is 0.433 e. The molecule has 0 unspecified atom stereocenters. The van der Waals surface area contributed by atoms with Crippen LogP contribution in [-0.4, -0.2) is 41.5 Å². The van der Waals surface area contributed by atoms with Gasteiger partial charge in [0.2, 0.25) is 5.95 Å². The normalized spacial score (nSPS) is 26.9. The summed E-state index contributed by atoms with van der Waals surface area (Å²) in [6.07, 6.45) is -3.25.